The van der Waals surface area contributed by atoms with Crippen LogP contribution >= 0.6 is 69.9 Å². The van der Waals surface area contributed by atoms with Gasteiger partial charge in [-0.05, 0) is 26.6 Å². The zero-order valence-corrected chi connectivity index (χ0v) is 17.9. The summed E-state index contributed by atoms with van der Waals surface area (Å²) < 4.78 is -0.0125. The van der Waals surface area contributed by atoms with Crippen molar-refractivity contribution in [2.75, 3.05) is 0 Å². The van der Waals surface area contributed by atoms with E-state index < -0.39 is 0 Å². The van der Waals surface area contributed by atoms with Crippen molar-refractivity contribution in [1.29, 1.82) is 0 Å². The molecule has 134 valence electrons. The molecule has 0 saturated carbocycles. The van der Waals surface area contributed by atoms with Gasteiger partial charge < -0.3 is 0 Å². The highest BCUT2D eigenvalue weighted by atomic mass is 35.5. The molecule has 1 heterocycles. The van der Waals surface area contributed by atoms with Crippen molar-refractivity contribution in [1.82, 2.24) is 5.43 Å². The summed E-state index contributed by atoms with van der Waals surface area (Å²) in [6, 6.07) is 1.55. The summed E-state index contributed by atoms with van der Waals surface area (Å²) >= 11 is 28.0. The summed E-state index contributed by atoms with van der Waals surface area (Å²) in [4.78, 5) is 7.85. The minimum Gasteiger partial charge on any atom is -0.285 e. The summed E-state index contributed by atoms with van der Waals surface area (Å²) in [5, 5.41) is 6.66. The van der Waals surface area contributed by atoms with Gasteiger partial charge in [-0.2, -0.15) is 5.10 Å². The average Bonchev–Trinajstić information content (AvgIpc) is 3.02. The van der Waals surface area contributed by atoms with Crippen molar-refractivity contribution < 1.29 is 0 Å². The third-order valence-electron chi connectivity index (χ3n) is 3.12. The molecule has 1 N–H and O–H groups in total. The predicted molar refractivity (Wildman–Crippen MR) is 116 cm³/mol. The van der Waals surface area contributed by atoms with Gasteiger partial charge in [-0.1, -0.05) is 58.2 Å². The molecule has 0 amide bonds. The topological polar surface area (TPSA) is 49.1 Å². The maximum atomic E-state index is 6.32. The average molecular weight is 456 g/mol. The van der Waals surface area contributed by atoms with Gasteiger partial charge in [0.1, 0.15) is 9.75 Å². The second-order valence-electron chi connectivity index (χ2n) is 4.85. The number of hydrazone groups is 1. The van der Waals surface area contributed by atoms with E-state index in [9.17, 15) is 0 Å². The normalized spacial score (nSPS) is 19.0. The molecule has 25 heavy (non-hydrogen) atoms. The van der Waals surface area contributed by atoms with E-state index >= 15 is 0 Å². The lowest BCUT2D eigenvalue weighted by atomic mass is 10.1. The lowest BCUT2D eigenvalue weighted by Crippen LogP contribution is -2.13. The highest BCUT2D eigenvalue weighted by Crippen LogP contribution is 2.47. The van der Waals surface area contributed by atoms with Gasteiger partial charge in [-0.15, -0.1) is 11.8 Å². The van der Waals surface area contributed by atoms with Crippen LogP contribution < -0.4 is 5.43 Å². The van der Waals surface area contributed by atoms with Gasteiger partial charge in [0, 0.05) is 23.2 Å². The molecule has 1 aromatic rings. The second kappa shape index (κ2) is 9.53. The van der Waals surface area contributed by atoms with Crippen LogP contribution in [0.4, 0.5) is 0 Å². The molecule has 0 bridgehead atoms. The van der Waals surface area contributed by atoms with Crippen LogP contribution in [0.5, 0.6) is 0 Å². The molecular weight excluding hydrogens is 442 g/mol. The Labute approximate surface area is 175 Å². The Bertz CT molecular complexity index is 738. The maximum absolute atomic E-state index is 6.32. The molecule has 0 spiro atoms. The standard InChI is InChI=1S/C15H14Cl4N4S2/c1-7(21-5-4-20-3)14-22-23-15(25-14)24-8(2)11-12(18)9(16)6-10(17)13(11)19/h4-6,8,15,23H,3H2,1-2H3/b5-4-,21-7?. The van der Waals surface area contributed by atoms with Crippen molar-refractivity contribution >= 4 is 87.4 Å². The highest BCUT2D eigenvalue weighted by Gasteiger charge is 2.27. The first-order chi connectivity index (χ1) is 11.8. The van der Waals surface area contributed by atoms with Crippen LogP contribution in [0.2, 0.25) is 20.1 Å². The van der Waals surface area contributed by atoms with Gasteiger partial charge >= 0.3 is 0 Å². The molecule has 2 unspecified atom stereocenters. The van der Waals surface area contributed by atoms with E-state index in [-0.39, 0.29) is 9.96 Å². The molecule has 0 saturated heterocycles. The van der Waals surface area contributed by atoms with Crippen LogP contribution in [0.15, 0.2) is 33.6 Å². The molecule has 4 nitrogen and oxygen atoms in total. The predicted octanol–water partition coefficient (Wildman–Crippen LogP) is 6.66. The van der Waals surface area contributed by atoms with Crippen molar-refractivity contribution in [3.63, 3.8) is 0 Å². The second-order valence-corrected chi connectivity index (χ2v) is 9.26. The third kappa shape index (κ3) is 5.31. The first kappa shape index (κ1) is 20.9. The zero-order chi connectivity index (χ0) is 18.6. The summed E-state index contributed by atoms with van der Waals surface area (Å²) in [7, 11) is 0. The van der Waals surface area contributed by atoms with Crippen molar-refractivity contribution in [3.05, 3.63) is 44.1 Å². The Morgan fingerprint density at radius 2 is 1.96 bits per heavy atom. The van der Waals surface area contributed by atoms with E-state index in [1.54, 1.807) is 35.8 Å². The minimum atomic E-state index is -0.0437. The van der Waals surface area contributed by atoms with Crippen LogP contribution in [0.3, 0.4) is 0 Å². The molecule has 1 aliphatic rings. The largest absolute Gasteiger partial charge is 0.285 e. The Morgan fingerprint density at radius 3 is 2.56 bits per heavy atom. The molecule has 0 radical (unpaired) electrons. The van der Waals surface area contributed by atoms with Crippen LogP contribution in [-0.4, -0.2) is 22.2 Å². The molecule has 0 aromatic heterocycles. The lowest BCUT2D eigenvalue weighted by molar-refractivity contribution is 0.852. The minimum absolute atomic E-state index is 0.0125. The molecule has 1 aromatic carbocycles. The van der Waals surface area contributed by atoms with E-state index in [1.807, 2.05) is 13.8 Å². The summed E-state index contributed by atoms with van der Waals surface area (Å²) in [6.45, 7) is 7.22. The van der Waals surface area contributed by atoms with Crippen molar-refractivity contribution in [2.45, 2.75) is 23.8 Å². The SMILES string of the molecule is C=N/C=C\N=C(C)C1=NNC(SC(C)c2c(Cl)c(Cl)cc(Cl)c2Cl)S1. The van der Waals surface area contributed by atoms with E-state index in [2.05, 4.69) is 27.2 Å². The number of nitrogens with one attached hydrogen (secondary N) is 1. The van der Waals surface area contributed by atoms with Crippen molar-refractivity contribution in [3.8, 4) is 0 Å². The van der Waals surface area contributed by atoms with E-state index in [0.29, 0.717) is 25.7 Å². The summed E-state index contributed by atoms with van der Waals surface area (Å²) in [5.41, 5.74) is 4.57. The smallest absolute Gasteiger partial charge is 0.142 e. The van der Waals surface area contributed by atoms with Crippen LogP contribution in [0.25, 0.3) is 0 Å². The van der Waals surface area contributed by atoms with E-state index in [4.69, 9.17) is 46.4 Å². The Kier molecular flexibility index (Phi) is 7.98. The molecule has 0 aliphatic carbocycles. The van der Waals surface area contributed by atoms with Crippen LogP contribution in [-0.2, 0) is 0 Å². The lowest BCUT2D eigenvalue weighted by Gasteiger charge is -2.19. The highest BCUT2D eigenvalue weighted by molar-refractivity contribution is 8.26. The molecule has 2 rings (SSSR count). The quantitative estimate of drug-likeness (QED) is 0.385. The number of nitrogens with zero attached hydrogens (tertiary/aromatic N) is 3. The number of rotatable bonds is 6. The summed E-state index contributed by atoms with van der Waals surface area (Å²) in [6.07, 6.45) is 3.08. The number of benzene rings is 1. The molecular formula is C15H14Cl4N4S2. The number of aliphatic imine (C=N–C) groups is 2. The van der Waals surface area contributed by atoms with Gasteiger partial charge in [-0.25, -0.2) is 0 Å². The fraction of sp³-hybridized carbons (Fsp3) is 0.267. The number of halogens is 4. The van der Waals surface area contributed by atoms with Gasteiger partial charge in [0.25, 0.3) is 0 Å². The fourth-order valence-corrected chi connectivity index (χ4v) is 5.71. The van der Waals surface area contributed by atoms with Gasteiger partial charge in [0.15, 0.2) is 0 Å². The summed E-state index contributed by atoms with van der Waals surface area (Å²) in [5.74, 6) is 0. The maximum Gasteiger partial charge on any atom is 0.142 e. The van der Waals surface area contributed by atoms with Gasteiger partial charge in [0.2, 0.25) is 0 Å². The molecule has 2 atom stereocenters. The first-order valence-electron chi connectivity index (χ1n) is 6.99. The third-order valence-corrected chi connectivity index (χ3v) is 7.27. The molecule has 0 fully saturated rings. The first-order valence-corrected chi connectivity index (χ1v) is 10.3. The van der Waals surface area contributed by atoms with Crippen LogP contribution in [0, 0.1) is 0 Å². The fourth-order valence-electron chi connectivity index (χ4n) is 1.94. The number of hydrogen-bond donors (Lipinski definition) is 1. The zero-order valence-electron chi connectivity index (χ0n) is 13.3. The van der Waals surface area contributed by atoms with Crippen molar-refractivity contribution in [2.24, 2.45) is 15.1 Å². The van der Waals surface area contributed by atoms with Gasteiger partial charge in [0.05, 0.1) is 25.8 Å². The van der Waals surface area contributed by atoms with E-state index in [0.717, 1.165) is 10.8 Å². The number of hydrogen-bond acceptors (Lipinski definition) is 6. The Morgan fingerprint density at radius 1 is 1.32 bits per heavy atom. The Hall–Kier alpha value is -0.370. The van der Waals surface area contributed by atoms with E-state index in [1.165, 1.54) is 6.20 Å². The monoisotopic (exact) mass is 454 g/mol. The molecule has 1 aliphatic heterocycles. The van der Waals surface area contributed by atoms with Crippen LogP contribution in [0.1, 0.15) is 24.7 Å². The number of thioether (sulfide) groups is 2. The van der Waals surface area contributed by atoms with Gasteiger partial charge in [-0.3, -0.25) is 15.4 Å². The Balaban J connectivity index is 2.07. The molecule has 10 heteroatoms.